The van der Waals surface area contributed by atoms with E-state index in [0.717, 1.165) is 31.4 Å². The summed E-state index contributed by atoms with van der Waals surface area (Å²) in [6, 6.07) is 5.76. The Labute approximate surface area is 106 Å². The molecular formula is C13H19BrFN. The lowest BCUT2D eigenvalue weighted by Gasteiger charge is -2.08. The van der Waals surface area contributed by atoms with Crippen molar-refractivity contribution in [3.8, 4) is 0 Å². The first-order chi connectivity index (χ1) is 7.61. The molecule has 0 aliphatic carbocycles. The lowest BCUT2D eigenvalue weighted by atomic mass is 10.1. The fraction of sp³-hybridized carbons (Fsp3) is 0.538. The Morgan fingerprint density at radius 3 is 2.75 bits per heavy atom. The van der Waals surface area contributed by atoms with Crippen molar-refractivity contribution >= 4 is 15.9 Å². The van der Waals surface area contributed by atoms with Crippen LogP contribution in [0.25, 0.3) is 0 Å². The maximum atomic E-state index is 13.2. The highest BCUT2D eigenvalue weighted by Crippen LogP contribution is 2.21. The molecule has 0 atom stereocenters. The van der Waals surface area contributed by atoms with Gasteiger partial charge < -0.3 is 5.32 Å². The lowest BCUT2D eigenvalue weighted by Crippen LogP contribution is -2.23. The molecule has 1 aromatic rings. The molecule has 0 fully saturated rings. The summed E-state index contributed by atoms with van der Waals surface area (Å²) in [5, 5.41) is 3.37. The van der Waals surface area contributed by atoms with Crippen LogP contribution in [-0.2, 0) is 6.42 Å². The molecule has 0 amide bonds. The number of hydrogen-bond donors (Lipinski definition) is 1. The summed E-state index contributed by atoms with van der Waals surface area (Å²) in [6.45, 7) is 5.32. The molecular weight excluding hydrogens is 269 g/mol. The number of aryl methyl sites for hydroxylation is 1. The van der Waals surface area contributed by atoms with Gasteiger partial charge in [-0.2, -0.15) is 0 Å². The zero-order valence-corrected chi connectivity index (χ0v) is 11.5. The molecule has 0 heterocycles. The second kappa shape index (κ2) is 7.02. The lowest BCUT2D eigenvalue weighted by molar-refractivity contribution is 0.556. The van der Waals surface area contributed by atoms with E-state index in [2.05, 4.69) is 35.1 Å². The molecule has 1 rings (SSSR count). The van der Waals surface area contributed by atoms with Gasteiger partial charge >= 0.3 is 0 Å². The molecule has 3 heteroatoms. The van der Waals surface area contributed by atoms with Gasteiger partial charge in [0.1, 0.15) is 5.82 Å². The second-order valence-electron chi connectivity index (χ2n) is 4.28. The van der Waals surface area contributed by atoms with E-state index in [1.54, 1.807) is 6.07 Å². The van der Waals surface area contributed by atoms with E-state index in [1.165, 1.54) is 6.07 Å². The van der Waals surface area contributed by atoms with E-state index in [1.807, 2.05) is 6.07 Å². The summed E-state index contributed by atoms with van der Waals surface area (Å²) in [5.74, 6) is -0.169. The molecule has 0 saturated heterocycles. The third-order valence-electron chi connectivity index (χ3n) is 2.46. The number of benzene rings is 1. The first-order valence-electron chi connectivity index (χ1n) is 5.77. The summed E-state index contributed by atoms with van der Waals surface area (Å²) >= 11 is 3.28. The van der Waals surface area contributed by atoms with Gasteiger partial charge in [0.2, 0.25) is 0 Å². The molecule has 0 aromatic heterocycles. The van der Waals surface area contributed by atoms with Crippen LogP contribution < -0.4 is 5.32 Å². The van der Waals surface area contributed by atoms with Crippen molar-refractivity contribution in [2.24, 2.45) is 0 Å². The van der Waals surface area contributed by atoms with Gasteiger partial charge in [0.25, 0.3) is 0 Å². The van der Waals surface area contributed by atoms with Crippen LogP contribution in [0.3, 0.4) is 0 Å². The van der Waals surface area contributed by atoms with Crippen molar-refractivity contribution in [3.63, 3.8) is 0 Å². The van der Waals surface area contributed by atoms with Crippen LogP contribution in [0.4, 0.5) is 4.39 Å². The van der Waals surface area contributed by atoms with Gasteiger partial charge in [-0.1, -0.05) is 26.0 Å². The first kappa shape index (κ1) is 13.7. The molecule has 0 bridgehead atoms. The topological polar surface area (TPSA) is 12.0 Å². The molecule has 0 aliphatic heterocycles. The Hall–Kier alpha value is -0.410. The average Bonchev–Trinajstić information content (AvgIpc) is 2.23. The van der Waals surface area contributed by atoms with E-state index in [0.29, 0.717) is 10.5 Å². The Morgan fingerprint density at radius 2 is 2.06 bits per heavy atom. The van der Waals surface area contributed by atoms with Crippen molar-refractivity contribution in [3.05, 3.63) is 34.1 Å². The predicted molar refractivity (Wildman–Crippen MR) is 70.2 cm³/mol. The fourth-order valence-electron chi connectivity index (χ4n) is 1.57. The molecule has 16 heavy (non-hydrogen) atoms. The van der Waals surface area contributed by atoms with Gasteiger partial charge in [-0.25, -0.2) is 4.39 Å². The highest BCUT2D eigenvalue weighted by molar-refractivity contribution is 9.10. The van der Waals surface area contributed by atoms with E-state index < -0.39 is 0 Å². The van der Waals surface area contributed by atoms with Crippen LogP contribution in [0.5, 0.6) is 0 Å². The summed E-state index contributed by atoms with van der Waals surface area (Å²) < 4.78 is 13.8. The summed E-state index contributed by atoms with van der Waals surface area (Å²) in [7, 11) is 0. The molecule has 1 N–H and O–H groups in total. The van der Waals surface area contributed by atoms with E-state index >= 15 is 0 Å². The van der Waals surface area contributed by atoms with Gasteiger partial charge in [-0.05, 0) is 53.4 Å². The third kappa shape index (κ3) is 4.62. The van der Waals surface area contributed by atoms with Crippen molar-refractivity contribution in [1.82, 2.24) is 5.32 Å². The number of rotatable bonds is 6. The van der Waals surface area contributed by atoms with Gasteiger partial charge in [0.05, 0.1) is 4.47 Å². The van der Waals surface area contributed by atoms with Crippen molar-refractivity contribution < 1.29 is 4.39 Å². The summed E-state index contributed by atoms with van der Waals surface area (Å²) in [4.78, 5) is 0. The number of halogens is 2. The van der Waals surface area contributed by atoms with E-state index in [-0.39, 0.29) is 5.82 Å². The van der Waals surface area contributed by atoms with Gasteiger partial charge in [-0.15, -0.1) is 0 Å². The minimum Gasteiger partial charge on any atom is -0.315 e. The molecule has 1 nitrogen and oxygen atoms in total. The molecule has 0 aliphatic rings. The van der Waals surface area contributed by atoms with Crippen LogP contribution in [0.2, 0.25) is 0 Å². The Bertz CT molecular complexity index is 326. The standard InChI is InChI=1S/C13H19BrFN/c1-10(2)16-9-4-3-6-11-7-5-8-12(15)13(11)14/h5,7-8,10,16H,3-4,6,9H2,1-2H3. The van der Waals surface area contributed by atoms with Crippen molar-refractivity contribution in [1.29, 1.82) is 0 Å². The zero-order valence-electron chi connectivity index (χ0n) is 9.89. The Balaban J connectivity index is 2.29. The molecule has 1 aromatic carbocycles. The summed E-state index contributed by atoms with van der Waals surface area (Å²) in [5.41, 5.74) is 1.06. The van der Waals surface area contributed by atoms with E-state index in [9.17, 15) is 4.39 Å². The van der Waals surface area contributed by atoms with Crippen LogP contribution in [0, 0.1) is 5.82 Å². The molecule has 0 radical (unpaired) electrons. The van der Waals surface area contributed by atoms with Gasteiger partial charge in [0, 0.05) is 6.04 Å². The van der Waals surface area contributed by atoms with Crippen LogP contribution in [0.15, 0.2) is 22.7 Å². The van der Waals surface area contributed by atoms with Crippen molar-refractivity contribution in [2.75, 3.05) is 6.54 Å². The SMILES string of the molecule is CC(C)NCCCCc1cccc(F)c1Br. The summed E-state index contributed by atoms with van der Waals surface area (Å²) in [6.07, 6.45) is 3.14. The zero-order chi connectivity index (χ0) is 12.0. The highest BCUT2D eigenvalue weighted by atomic mass is 79.9. The highest BCUT2D eigenvalue weighted by Gasteiger charge is 2.04. The number of nitrogens with one attached hydrogen (secondary N) is 1. The number of hydrogen-bond acceptors (Lipinski definition) is 1. The van der Waals surface area contributed by atoms with Crippen LogP contribution in [-0.4, -0.2) is 12.6 Å². The Kier molecular flexibility index (Phi) is 5.99. The Morgan fingerprint density at radius 1 is 1.31 bits per heavy atom. The predicted octanol–water partition coefficient (Wildman–Crippen LogP) is 3.91. The minimum atomic E-state index is -0.169. The van der Waals surface area contributed by atoms with Crippen LogP contribution in [0.1, 0.15) is 32.3 Å². The fourth-order valence-corrected chi connectivity index (χ4v) is 2.04. The molecule has 0 spiro atoms. The first-order valence-corrected chi connectivity index (χ1v) is 6.57. The maximum Gasteiger partial charge on any atom is 0.137 e. The second-order valence-corrected chi connectivity index (χ2v) is 5.07. The monoisotopic (exact) mass is 287 g/mol. The minimum absolute atomic E-state index is 0.169. The van der Waals surface area contributed by atoms with E-state index in [4.69, 9.17) is 0 Å². The normalized spacial score (nSPS) is 11.1. The largest absolute Gasteiger partial charge is 0.315 e. The molecule has 0 saturated carbocycles. The van der Waals surface area contributed by atoms with Crippen molar-refractivity contribution in [2.45, 2.75) is 39.2 Å². The smallest absolute Gasteiger partial charge is 0.137 e. The quantitative estimate of drug-likeness (QED) is 0.783. The van der Waals surface area contributed by atoms with Gasteiger partial charge in [-0.3, -0.25) is 0 Å². The van der Waals surface area contributed by atoms with Gasteiger partial charge in [0.15, 0.2) is 0 Å². The number of unbranched alkanes of at least 4 members (excludes halogenated alkanes) is 1. The third-order valence-corrected chi connectivity index (χ3v) is 3.35. The molecule has 90 valence electrons. The average molecular weight is 288 g/mol. The maximum absolute atomic E-state index is 13.2. The molecule has 0 unspecified atom stereocenters. The van der Waals surface area contributed by atoms with Crippen LogP contribution >= 0.6 is 15.9 Å².